The molecule has 0 aliphatic heterocycles. The lowest BCUT2D eigenvalue weighted by molar-refractivity contribution is 0.112. The lowest BCUT2D eigenvalue weighted by Gasteiger charge is -2.32. The highest BCUT2D eigenvalue weighted by atomic mass is 31.2. The number of benzene rings is 2. The van der Waals surface area contributed by atoms with Crippen LogP contribution in [0.1, 0.15) is 19.4 Å². The largest absolute Gasteiger partial charge is 0.508 e. The normalized spacial score (nSPS) is 16.3. The van der Waals surface area contributed by atoms with Crippen LogP contribution in [-0.4, -0.2) is 45.0 Å². The molecule has 0 heterocycles. The van der Waals surface area contributed by atoms with Crippen molar-refractivity contribution in [2.45, 2.75) is 32.4 Å². The molecule has 6 nitrogen and oxygen atoms in total. The first kappa shape index (κ1) is 21.6. The SMILES string of the molecule is CC(C)CN(C[C@@H](O)[C@@H](N)Cc1ccccc1)P(=O)(O)c1ccc(O)cc1. The second-order valence-corrected chi connectivity index (χ2v) is 9.42. The Morgan fingerprint density at radius 2 is 1.63 bits per heavy atom. The molecule has 1 unspecified atom stereocenters. The number of phenolic OH excluding ortho intramolecular Hbond substituents is 1. The number of phenols is 1. The number of hydrogen-bond acceptors (Lipinski definition) is 4. The zero-order chi connectivity index (χ0) is 20.0. The van der Waals surface area contributed by atoms with E-state index in [1.165, 1.54) is 28.9 Å². The third kappa shape index (κ3) is 6.16. The van der Waals surface area contributed by atoms with Crippen molar-refractivity contribution in [1.29, 1.82) is 0 Å². The highest BCUT2D eigenvalue weighted by Crippen LogP contribution is 2.44. The van der Waals surface area contributed by atoms with Crippen molar-refractivity contribution in [1.82, 2.24) is 4.67 Å². The fraction of sp³-hybridized carbons (Fsp3) is 0.400. The van der Waals surface area contributed by atoms with E-state index in [4.69, 9.17) is 5.73 Å². The van der Waals surface area contributed by atoms with Crippen molar-refractivity contribution in [3.05, 3.63) is 60.2 Å². The molecule has 0 aromatic heterocycles. The molecule has 0 saturated carbocycles. The minimum Gasteiger partial charge on any atom is -0.508 e. The Bertz CT molecular complexity index is 752. The molecule has 0 amide bonds. The Kier molecular flexibility index (Phi) is 7.59. The van der Waals surface area contributed by atoms with Crippen LogP contribution >= 0.6 is 7.52 Å². The summed E-state index contributed by atoms with van der Waals surface area (Å²) < 4.78 is 14.5. The second kappa shape index (κ2) is 9.49. The molecule has 5 N–H and O–H groups in total. The summed E-state index contributed by atoms with van der Waals surface area (Å²) in [5, 5.41) is 20.2. The van der Waals surface area contributed by atoms with Gasteiger partial charge in [0.2, 0.25) is 0 Å². The molecule has 7 heteroatoms. The van der Waals surface area contributed by atoms with Crippen LogP contribution in [0.5, 0.6) is 5.75 Å². The van der Waals surface area contributed by atoms with Crippen LogP contribution in [0.3, 0.4) is 0 Å². The minimum atomic E-state index is -3.90. The summed E-state index contributed by atoms with van der Waals surface area (Å²) in [7, 11) is -3.90. The summed E-state index contributed by atoms with van der Waals surface area (Å²) >= 11 is 0. The van der Waals surface area contributed by atoms with Crippen LogP contribution in [0.4, 0.5) is 0 Å². The van der Waals surface area contributed by atoms with E-state index in [1.807, 2.05) is 44.2 Å². The van der Waals surface area contributed by atoms with E-state index in [1.54, 1.807) is 0 Å². The molecule has 0 bridgehead atoms. The predicted octanol–water partition coefficient (Wildman–Crippen LogP) is 2.09. The lowest BCUT2D eigenvalue weighted by Crippen LogP contribution is -2.45. The molecule has 27 heavy (non-hydrogen) atoms. The van der Waals surface area contributed by atoms with Crippen molar-refractivity contribution in [3.63, 3.8) is 0 Å². The maximum Gasteiger partial charge on any atom is 0.299 e. The molecular weight excluding hydrogens is 363 g/mol. The Morgan fingerprint density at radius 3 is 2.19 bits per heavy atom. The molecular formula is C20H29N2O4P. The number of aromatic hydroxyl groups is 1. The monoisotopic (exact) mass is 392 g/mol. The Hall–Kier alpha value is -1.69. The van der Waals surface area contributed by atoms with Crippen LogP contribution in [0.25, 0.3) is 0 Å². The quantitative estimate of drug-likeness (QED) is 0.487. The van der Waals surface area contributed by atoms with Crippen LogP contribution in [0, 0.1) is 5.92 Å². The van der Waals surface area contributed by atoms with Gasteiger partial charge in [-0.05, 0) is 42.2 Å². The zero-order valence-corrected chi connectivity index (χ0v) is 16.7. The molecule has 3 atom stereocenters. The van der Waals surface area contributed by atoms with Crippen LogP contribution in [0.15, 0.2) is 54.6 Å². The first-order chi connectivity index (χ1) is 12.7. The summed E-state index contributed by atoms with van der Waals surface area (Å²) in [6.07, 6.45) is -0.478. The van der Waals surface area contributed by atoms with E-state index in [-0.39, 0.29) is 23.5 Å². The van der Waals surface area contributed by atoms with Crippen molar-refractivity contribution in [2.75, 3.05) is 13.1 Å². The zero-order valence-electron chi connectivity index (χ0n) is 15.8. The highest BCUT2D eigenvalue weighted by Gasteiger charge is 2.33. The third-order valence-electron chi connectivity index (χ3n) is 4.35. The standard InChI is InChI=1S/C20H29N2O4P/c1-15(2)13-22(27(25,26)18-10-8-17(23)9-11-18)14-20(24)19(21)12-16-6-4-3-5-7-16/h3-11,15,19-20,23-24H,12-14,21H2,1-2H3,(H,25,26)/t19-,20+/m0/s1. The van der Waals surface area contributed by atoms with E-state index in [9.17, 15) is 19.7 Å². The molecule has 0 saturated heterocycles. The van der Waals surface area contributed by atoms with Gasteiger partial charge in [-0.1, -0.05) is 44.2 Å². The summed E-state index contributed by atoms with van der Waals surface area (Å²) in [6.45, 7) is 4.21. The van der Waals surface area contributed by atoms with Crippen molar-refractivity contribution in [2.24, 2.45) is 11.7 Å². The number of hydrogen-bond donors (Lipinski definition) is 4. The summed E-state index contributed by atoms with van der Waals surface area (Å²) in [5.74, 6) is 0.152. The fourth-order valence-electron chi connectivity index (χ4n) is 2.90. The summed E-state index contributed by atoms with van der Waals surface area (Å²) in [6, 6.07) is 14.7. The van der Waals surface area contributed by atoms with Gasteiger partial charge in [-0.25, -0.2) is 4.67 Å². The first-order valence-corrected chi connectivity index (χ1v) is 10.7. The maximum atomic E-state index is 13.1. The topological polar surface area (TPSA) is 107 Å². The van der Waals surface area contributed by atoms with Gasteiger partial charge in [0.15, 0.2) is 0 Å². The second-order valence-electron chi connectivity index (χ2n) is 7.25. The van der Waals surface area contributed by atoms with E-state index in [0.29, 0.717) is 13.0 Å². The number of nitrogens with zero attached hydrogens (tertiary/aromatic N) is 1. The van der Waals surface area contributed by atoms with Gasteiger partial charge in [0.1, 0.15) is 5.75 Å². The number of nitrogens with two attached hydrogens (primary N) is 1. The number of rotatable bonds is 9. The van der Waals surface area contributed by atoms with Gasteiger partial charge in [0, 0.05) is 19.1 Å². The molecule has 0 aliphatic rings. The molecule has 148 valence electrons. The molecule has 0 fully saturated rings. The van der Waals surface area contributed by atoms with Gasteiger partial charge in [-0.3, -0.25) is 4.57 Å². The fourth-order valence-corrected chi connectivity index (χ4v) is 4.70. The molecule has 0 radical (unpaired) electrons. The molecule has 2 aromatic rings. The lowest BCUT2D eigenvalue weighted by atomic mass is 10.0. The van der Waals surface area contributed by atoms with E-state index < -0.39 is 19.7 Å². The average molecular weight is 392 g/mol. The maximum absolute atomic E-state index is 13.1. The highest BCUT2D eigenvalue weighted by molar-refractivity contribution is 7.63. The number of aliphatic hydroxyl groups is 1. The van der Waals surface area contributed by atoms with Crippen LogP contribution in [-0.2, 0) is 11.0 Å². The molecule has 0 spiro atoms. The average Bonchev–Trinajstić information content (AvgIpc) is 2.62. The van der Waals surface area contributed by atoms with Crippen molar-refractivity contribution in [3.8, 4) is 5.75 Å². The number of aliphatic hydroxyl groups excluding tert-OH is 1. The Balaban J connectivity index is 2.15. The Labute approximate surface area is 160 Å². The molecule has 2 rings (SSSR count). The van der Waals surface area contributed by atoms with Gasteiger partial charge in [0.05, 0.1) is 11.4 Å². The summed E-state index contributed by atoms with van der Waals surface area (Å²) in [4.78, 5) is 10.8. The smallest absolute Gasteiger partial charge is 0.299 e. The summed E-state index contributed by atoms with van der Waals surface area (Å²) in [5.41, 5.74) is 7.15. The Morgan fingerprint density at radius 1 is 1.04 bits per heavy atom. The van der Waals surface area contributed by atoms with Gasteiger partial charge >= 0.3 is 0 Å². The van der Waals surface area contributed by atoms with E-state index in [2.05, 4.69) is 0 Å². The van der Waals surface area contributed by atoms with Gasteiger partial charge in [0.25, 0.3) is 7.52 Å². The van der Waals surface area contributed by atoms with Crippen LogP contribution < -0.4 is 11.0 Å². The van der Waals surface area contributed by atoms with E-state index in [0.717, 1.165) is 5.56 Å². The van der Waals surface area contributed by atoms with Crippen molar-refractivity contribution < 1.29 is 19.7 Å². The minimum absolute atomic E-state index is 0.0131. The molecule has 2 aromatic carbocycles. The first-order valence-electron chi connectivity index (χ1n) is 9.05. The molecule has 0 aliphatic carbocycles. The van der Waals surface area contributed by atoms with E-state index >= 15 is 0 Å². The van der Waals surface area contributed by atoms with Gasteiger partial charge < -0.3 is 20.8 Å². The van der Waals surface area contributed by atoms with Crippen molar-refractivity contribution >= 4 is 12.8 Å². The van der Waals surface area contributed by atoms with Crippen LogP contribution in [0.2, 0.25) is 0 Å². The predicted molar refractivity (Wildman–Crippen MR) is 108 cm³/mol. The van der Waals surface area contributed by atoms with Gasteiger partial charge in [-0.2, -0.15) is 0 Å². The van der Waals surface area contributed by atoms with Gasteiger partial charge in [-0.15, -0.1) is 0 Å². The third-order valence-corrected chi connectivity index (χ3v) is 6.42.